The van der Waals surface area contributed by atoms with Crippen molar-refractivity contribution in [2.75, 3.05) is 31.7 Å². The largest absolute Gasteiger partial charge is 0.396 e. The van der Waals surface area contributed by atoms with E-state index in [1.54, 1.807) is 0 Å². The maximum absolute atomic E-state index is 9.35. The molecule has 1 fully saturated rings. The summed E-state index contributed by atoms with van der Waals surface area (Å²) in [5.74, 6) is 2.57. The van der Waals surface area contributed by atoms with E-state index in [1.165, 1.54) is 17.9 Å². The van der Waals surface area contributed by atoms with E-state index in [0.29, 0.717) is 6.61 Å². The van der Waals surface area contributed by atoms with Crippen molar-refractivity contribution in [3.63, 3.8) is 0 Å². The maximum Gasteiger partial charge on any atom is 0.0496 e. The highest BCUT2D eigenvalue weighted by molar-refractivity contribution is 7.99. The molecule has 0 amide bonds. The van der Waals surface area contributed by atoms with Gasteiger partial charge in [-0.25, -0.2) is 0 Å². The topological polar surface area (TPSA) is 23.5 Å². The lowest BCUT2D eigenvalue weighted by Crippen LogP contribution is -2.41. The van der Waals surface area contributed by atoms with E-state index in [1.807, 2.05) is 11.8 Å². The third-order valence-electron chi connectivity index (χ3n) is 3.40. The molecular weight excluding hydrogens is 194 g/mol. The molecule has 1 aliphatic heterocycles. The normalized spacial score (nSPS) is 26.8. The van der Waals surface area contributed by atoms with Gasteiger partial charge in [-0.3, -0.25) is 0 Å². The molecule has 3 heteroatoms. The van der Waals surface area contributed by atoms with E-state index in [0.717, 1.165) is 19.0 Å². The van der Waals surface area contributed by atoms with Crippen LogP contribution in [-0.4, -0.2) is 47.8 Å². The molecule has 0 aromatic heterocycles. The number of hydrogen-bond acceptors (Lipinski definition) is 3. The highest BCUT2D eigenvalue weighted by Crippen LogP contribution is 2.26. The Hall–Kier alpha value is 0.270. The van der Waals surface area contributed by atoms with Crippen molar-refractivity contribution < 1.29 is 5.11 Å². The smallest absolute Gasteiger partial charge is 0.0496 e. The maximum atomic E-state index is 9.35. The van der Waals surface area contributed by atoms with Crippen LogP contribution in [-0.2, 0) is 0 Å². The van der Waals surface area contributed by atoms with Crippen LogP contribution in [0, 0.1) is 5.41 Å². The van der Waals surface area contributed by atoms with Crippen molar-refractivity contribution in [3.8, 4) is 0 Å². The summed E-state index contributed by atoms with van der Waals surface area (Å²) in [6, 6.07) is 0.734. The fraction of sp³-hybridized carbons (Fsp3) is 1.00. The molecule has 84 valence electrons. The Morgan fingerprint density at radius 2 is 2.29 bits per heavy atom. The minimum absolute atomic E-state index is 0.0853. The Morgan fingerprint density at radius 3 is 2.71 bits per heavy atom. The van der Waals surface area contributed by atoms with Crippen LogP contribution in [0.4, 0.5) is 0 Å². The number of nitrogens with zero attached hydrogens (tertiary/aromatic N) is 1. The van der Waals surface area contributed by atoms with Crippen LogP contribution in [0.15, 0.2) is 0 Å². The van der Waals surface area contributed by atoms with E-state index >= 15 is 0 Å². The third kappa shape index (κ3) is 3.14. The van der Waals surface area contributed by atoms with Crippen LogP contribution in [0.5, 0.6) is 0 Å². The molecular formula is C11H23NOS. The second kappa shape index (κ2) is 5.38. The number of thioether (sulfide) groups is 1. The van der Waals surface area contributed by atoms with Gasteiger partial charge in [0.2, 0.25) is 0 Å². The second-order valence-electron chi connectivity index (χ2n) is 4.75. The zero-order chi connectivity index (χ0) is 10.6. The molecule has 0 aromatic carbocycles. The molecule has 2 nitrogen and oxygen atoms in total. The molecule has 0 aromatic rings. The highest BCUT2D eigenvalue weighted by atomic mass is 32.2. The molecule has 1 heterocycles. The first-order chi connectivity index (χ1) is 6.61. The molecule has 0 aliphatic carbocycles. The van der Waals surface area contributed by atoms with Crippen molar-refractivity contribution in [2.24, 2.45) is 5.41 Å². The average molecular weight is 217 g/mol. The summed E-state index contributed by atoms with van der Waals surface area (Å²) < 4.78 is 0. The van der Waals surface area contributed by atoms with Crippen molar-refractivity contribution >= 4 is 11.8 Å². The minimum Gasteiger partial charge on any atom is -0.396 e. The molecule has 0 bridgehead atoms. The third-order valence-corrected chi connectivity index (χ3v) is 4.54. The SMILES string of the molecule is CCC(C)(CO)CN(C)C1CCSC1. The first kappa shape index (κ1) is 12.3. The summed E-state index contributed by atoms with van der Waals surface area (Å²) in [7, 11) is 2.19. The molecule has 14 heavy (non-hydrogen) atoms. The van der Waals surface area contributed by atoms with E-state index in [2.05, 4.69) is 25.8 Å². The van der Waals surface area contributed by atoms with Gasteiger partial charge in [0.1, 0.15) is 0 Å². The number of aliphatic hydroxyl groups excluding tert-OH is 1. The summed E-state index contributed by atoms with van der Waals surface area (Å²) in [4.78, 5) is 2.43. The molecule has 1 rings (SSSR count). The molecule has 1 N–H and O–H groups in total. The van der Waals surface area contributed by atoms with E-state index in [-0.39, 0.29) is 5.41 Å². The zero-order valence-electron chi connectivity index (χ0n) is 9.62. The van der Waals surface area contributed by atoms with Crippen molar-refractivity contribution in [3.05, 3.63) is 0 Å². The van der Waals surface area contributed by atoms with Crippen molar-refractivity contribution in [1.29, 1.82) is 0 Å². The summed E-state index contributed by atoms with van der Waals surface area (Å²) in [5, 5.41) is 9.35. The van der Waals surface area contributed by atoms with Gasteiger partial charge in [0.15, 0.2) is 0 Å². The fourth-order valence-corrected chi connectivity index (χ4v) is 3.17. The van der Waals surface area contributed by atoms with Gasteiger partial charge in [-0.15, -0.1) is 0 Å². The van der Waals surface area contributed by atoms with Gasteiger partial charge in [-0.05, 0) is 25.6 Å². The Kier molecular flexibility index (Phi) is 4.74. The number of aliphatic hydroxyl groups is 1. The summed E-state index contributed by atoms with van der Waals surface area (Å²) in [6.07, 6.45) is 2.36. The molecule has 1 aliphatic rings. The van der Waals surface area contributed by atoms with Crippen LogP contribution in [0.25, 0.3) is 0 Å². The Bertz CT molecular complexity index is 165. The van der Waals surface area contributed by atoms with Gasteiger partial charge in [-0.1, -0.05) is 13.8 Å². The van der Waals surface area contributed by atoms with Gasteiger partial charge >= 0.3 is 0 Å². The lowest BCUT2D eigenvalue weighted by Gasteiger charge is -2.34. The van der Waals surface area contributed by atoms with Gasteiger partial charge in [-0.2, -0.15) is 11.8 Å². The lowest BCUT2D eigenvalue weighted by atomic mass is 9.87. The number of hydrogen-bond donors (Lipinski definition) is 1. The van der Waals surface area contributed by atoms with Crippen LogP contribution >= 0.6 is 11.8 Å². The average Bonchev–Trinajstić information content (AvgIpc) is 2.70. The van der Waals surface area contributed by atoms with Crippen LogP contribution in [0.1, 0.15) is 26.7 Å². The quantitative estimate of drug-likeness (QED) is 0.760. The second-order valence-corrected chi connectivity index (χ2v) is 5.90. The molecule has 0 radical (unpaired) electrons. The molecule has 0 spiro atoms. The summed E-state index contributed by atoms with van der Waals surface area (Å²) >= 11 is 2.05. The van der Waals surface area contributed by atoms with Crippen LogP contribution in [0.3, 0.4) is 0 Å². The Labute approximate surface area is 92.1 Å². The lowest BCUT2D eigenvalue weighted by molar-refractivity contribution is 0.0821. The van der Waals surface area contributed by atoms with Crippen molar-refractivity contribution in [2.45, 2.75) is 32.7 Å². The Balaban J connectivity index is 2.41. The van der Waals surface area contributed by atoms with Crippen LogP contribution in [0.2, 0.25) is 0 Å². The molecule has 2 atom stereocenters. The predicted octanol–water partition coefficient (Wildman–Crippen LogP) is 1.83. The molecule has 1 saturated heterocycles. The predicted molar refractivity (Wildman–Crippen MR) is 63.8 cm³/mol. The zero-order valence-corrected chi connectivity index (χ0v) is 10.4. The summed E-state index contributed by atoms with van der Waals surface area (Å²) in [6.45, 7) is 5.65. The molecule has 2 unspecified atom stereocenters. The first-order valence-corrected chi connectivity index (χ1v) is 6.65. The highest BCUT2D eigenvalue weighted by Gasteiger charge is 2.27. The number of rotatable bonds is 5. The van der Waals surface area contributed by atoms with E-state index in [4.69, 9.17) is 0 Å². The van der Waals surface area contributed by atoms with Crippen LogP contribution < -0.4 is 0 Å². The van der Waals surface area contributed by atoms with Gasteiger partial charge < -0.3 is 10.0 Å². The molecule has 0 saturated carbocycles. The monoisotopic (exact) mass is 217 g/mol. The van der Waals surface area contributed by atoms with E-state index in [9.17, 15) is 5.11 Å². The fourth-order valence-electron chi connectivity index (χ4n) is 1.87. The minimum atomic E-state index is 0.0853. The van der Waals surface area contributed by atoms with Gasteiger partial charge in [0, 0.05) is 30.4 Å². The van der Waals surface area contributed by atoms with E-state index < -0.39 is 0 Å². The van der Waals surface area contributed by atoms with Gasteiger partial charge in [0.25, 0.3) is 0 Å². The van der Waals surface area contributed by atoms with Crippen molar-refractivity contribution in [1.82, 2.24) is 4.90 Å². The Morgan fingerprint density at radius 1 is 1.57 bits per heavy atom. The van der Waals surface area contributed by atoms with Gasteiger partial charge in [0.05, 0.1) is 0 Å². The summed E-state index contributed by atoms with van der Waals surface area (Å²) in [5.41, 5.74) is 0.0853. The standard InChI is InChI=1S/C11H23NOS/c1-4-11(2,9-13)8-12(3)10-5-6-14-7-10/h10,13H,4-9H2,1-3H3. The first-order valence-electron chi connectivity index (χ1n) is 5.50.